The second-order valence-electron chi connectivity index (χ2n) is 2.87. The average Bonchev–Trinajstić information content (AvgIpc) is 2.63. The SMILES string of the molecule is COc1csc2c(C=O)ccc(N)c12. The van der Waals surface area contributed by atoms with Crippen molar-refractivity contribution < 1.29 is 9.53 Å². The number of thiophene rings is 1. The standard InChI is InChI=1S/C10H9NO2S/c1-13-8-5-14-10-6(4-12)2-3-7(11)9(8)10/h2-5H,11H2,1H3. The van der Waals surface area contributed by atoms with Crippen LogP contribution in [0.2, 0.25) is 0 Å². The summed E-state index contributed by atoms with van der Waals surface area (Å²) in [7, 11) is 1.59. The van der Waals surface area contributed by atoms with Crippen LogP contribution in [0.15, 0.2) is 17.5 Å². The van der Waals surface area contributed by atoms with E-state index in [-0.39, 0.29) is 0 Å². The number of nitrogen functional groups attached to an aromatic ring is 1. The maximum absolute atomic E-state index is 10.8. The monoisotopic (exact) mass is 207 g/mol. The van der Waals surface area contributed by atoms with Crippen LogP contribution in [0.4, 0.5) is 5.69 Å². The van der Waals surface area contributed by atoms with Gasteiger partial charge in [-0.1, -0.05) is 0 Å². The van der Waals surface area contributed by atoms with Crippen molar-refractivity contribution in [3.8, 4) is 5.75 Å². The smallest absolute Gasteiger partial charge is 0.151 e. The number of carbonyl (C=O) groups excluding carboxylic acids is 1. The Morgan fingerprint density at radius 1 is 1.50 bits per heavy atom. The van der Waals surface area contributed by atoms with Crippen molar-refractivity contribution in [1.82, 2.24) is 0 Å². The largest absolute Gasteiger partial charge is 0.495 e. The minimum atomic E-state index is 0.642. The van der Waals surface area contributed by atoms with Gasteiger partial charge < -0.3 is 10.5 Å². The first-order chi connectivity index (χ1) is 6.77. The second kappa shape index (κ2) is 3.31. The van der Waals surface area contributed by atoms with Gasteiger partial charge in [-0.25, -0.2) is 0 Å². The molecule has 2 aromatic rings. The zero-order chi connectivity index (χ0) is 10.1. The van der Waals surface area contributed by atoms with Crippen molar-refractivity contribution in [3.05, 3.63) is 23.1 Å². The Morgan fingerprint density at radius 2 is 2.29 bits per heavy atom. The van der Waals surface area contributed by atoms with Crippen molar-refractivity contribution in [1.29, 1.82) is 0 Å². The molecule has 0 aliphatic rings. The lowest BCUT2D eigenvalue weighted by atomic mass is 10.1. The molecule has 2 N–H and O–H groups in total. The van der Waals surface area contributed by atoms with E-state index >= 15 is 0 Å². The molecule has 0 aliphatic heterocycles. The average molecular weight is 207 g/mol. The summed E-state index contributed by atoms with van der Waals surface area (Å²) in [6, 6.07) is 3.45. The van der Waals surface area contributed by atoms with Crippen LogP contribution in [-0.4, -0.2) is 13.4 Å². The van der Waals surface area contributed by atoms with Gasteiger partial charge in [0.2, 0.25) is 0 Å². The molecule has 1 aromatic carbocycles. The maximum Gasteiger partial charge on any atom is 0.151 e. The summed E-state index contributed by atoms with van der Waals surface area (Å²) in [5.41, 5.74) is 7.11. The number of hydrogen-bond acceptors (Lipinski definition) is 4. The van der Waals surface area contributed by atoms with Gasteiger partial charge in [0, 0.05) is 16.6 Å². The fourth-order valence-corrected chi connectivity index (χ4v) is 2.44. The molecule has 0 saturated heterocycles. The Bertz CT molecular complexity index is 490. The molecule has 72 valence electrons. The highest BCUT2D eigenvalue weighted by molar-refractivity contribution is 7.18. The highest BCUT2D eigenvalue weighted by Gasteiger charge is 2.10. The zero-order valence-electron chi connectivity index (χ0n) is 7.61. The van der Waals surface area contributed by atoms with Crippen LogP contribution in [0.1, 0.15) is 10.4 Å². The van der Waals surface area contributed by atoms with Crippen LogP contribution in [0.25, 0.3) is 10.1 Å². The molecular formula is C10H9NO2S. The highest BCUT2D eigenvalue weighted by atomic mass is 32.1. The summed E-state index contributed by atoms with van der Waals surface area (Å²) < 4.78 is 6.05. The summed E-state index contributed by atoms with van der Waals surface area (Å²) in [5.74, 6) is 0.728. The number of carbonyl (C=O) groups is 1. The van der Waals surface area contributed by atoms with E-state index in [1.54, 1.807) is 19.2 Å². The van der Waals surface area contributed by atoms with E-state index in [2.05, 4.69) is 0 Å². The summed E-state index contributed by atoms with van der Waals surface area (Å²) in [4.78, 5) is 10.8. The van der Waals surface area contributed by atoms with Gasteiger partial charge >= 0.3 is 0 Å². The minimum absolute atomic E-state index is 0.642. The van der Waals surface area contributed by atoms with Crippen LogP contribution < -0.4 is 10.5 Å². The number of aldehydes is 1. The first-order valence-electron chi connectivity index (χ1n) is 4.06. The molecule has 0 fully saturated rings. The molecule has 3 nitrogen and oxygen atoms in total. The van der Waals surface area contributed by atoms with E-state index in [0.29, 0.717) is 11.3 Å². The van der Waals surface area contributed by atoms with Gasteiger partial charge in [0.1, 0.15) is 5.75 Å². The van der Waals surface area contributed by atoms with Gasteiger partial charge in [0.25, 0.3) is 0 Å². The first-order valence-corrected chi connectivity index (χ1v) is 4.94. The molecule has 0 unspecified atom stereocenters. The molecule has 4 heteroatoms. The van der Waals surface area contributed by atoms with Gasteiger partial charge in [-0.05, 0) is 12.1 Å². The predicted octanol–water partition coefficient (Wildman–Crippen LogP) is 2.30. The topological polar surface area (TPSA) is 52.3 Å². The number of rotatable bonds is 2. The molecular weight excluding hydrogens is 198 g/mol. The summed E-state index contributed by atoms with van der Waals surface area (Å²) >= 11 is 1.47. The van der Waals surface area contributed by atoms with Crippen LogP contribution in [-0.2, 0) is 0 Å². The number of methoxy groups -OCH3 is 1. The lowest BCUT2D eigenvalue weighted by Gasteiger charge is -2.01. The Kier molecular flexibility index (Phi) is 2.13. The Labute approximate surface area is 85.1 Å². The number of nitrogens with two attached hydrogens (primary N) is 1. The van der Waals surface area contributed by atoms with E-state index in [0.717, 1.165) is 22.1 Å². The molecule has 0 amide bonds. The Hall–Kier alpha value is -1.55. The lowest BCUT2D eigenvalue weighted by molar-refractivity contribution is 0.112. The fourth-order valence-electron chi connectivity index (χ4n) is 1.41. The van der Waals surface area contributed by atoms with E-state index in [4.69, 9.17) is 10.5 Å². The van der Waals surface area contributed by atoms with Crippen LogP contribution >= 0.6 is 11.3 Å². The number of anilines is 1. The quantitative estimate of drug-likeness (QED) is 0.607. The number of ether oxygens (including phenoxy) is 1. The maximum atomic E-state index is 10.8. The first kappa shape index (κ1) is 9.02. The Morgan fingerprint density at radius 3 is 2.93 bits per heavy atom. The van der Waals surface area contributed by atoms with Crippen molar-refractivity contribution in [2.45, 2.75) is 0 Å². The highest BCUT2D eigenvalue weighted by Crippen LogP contribution is 2.37. The third-order valence-electron chi connectivity index (χ3n) is 2.10. The summed E-state index contributed by atoms with van der Waals surface area (Å²) in [5, 5.41) is 2.69. The summed E-state index contributed by atoms with van der Waals surface area (Å²) in [6.45, 7) is 0. The van der Waals surface area contributed by atoms with E-state index in [1.165, 1.54) is 11.3 Å². The van der Waals surface area contributed by atoms with E-state index < -0.39 is 0 Å². The lowest BCUT2D eigenvalue weighted by Crippen LogP contribution is -1.90. The van der Waals surface area contributed by atoms with Crippen molar-refractivity contribution in [3.63, 3.8) is 0 Å². The third kappa shape index (κ3) is 1.15. The molecule has 2 rings (SSSR count). The molecule has 0 spiro atoms. The van der Waals surface area contributed by atoms with Crippen LogP contribution in [0.5, 0.6) is 5.75 Å². The fraction of sp³-hybridized carbons (Fsp3) is 0.100. The van der Waals surface area contributed by atoms with Gasteiger partial charge in [-0.15, -0.1) is 11.3 Å². The number of hydrogen-bond donors (Lipinski definition) is 1. The number of fused-ring (bicyclic) bond motifs is 1. The molecule has 0 radical (unpaired) electrons. The molecule has 0 atom stereocenters. The zero-order valence-corrected chi connectivity index (χ0v) is 8.43. The molecule has 0 bridgehead atoms. The second-order valence-corrected chi connectivity index (χ2v) is 3.75. The van der Waals surface area contributed by atoms with E-state index in [9.17, 15) is 4.79 Å². The molecule has 0 saturated carbocycles. The molecule has 1 heterocycles. The van der Waals surface area contributed by atoms with Crippen LogP contribution in [0, 0.1) is 0 Å². The predicted molar refractivity (Wildman–Crippen MR) is 58.2 cm³/mol. The Balaban J connectivity index is 2.86. The molecule has 0 aliphatic carbocycles. The summed E-state index contributed by atoms with van der Waals surface area (Å²) in [6.07, 6.45) is 0.831. The van der Waals surface area contributed by atoms with Gasteiger partial charge in [-0.2, -0.15) is 0 Å². The van der Waals surface area contributed by atoms with E-state index in [1.807, 2.05) is 5.38 Å². The van der Waals surface area contributed by atoms with Crippen molar-refractivity contribution >= 4 is 33.4 Å². The normalized spacial score (nSPS) is 10.4. The molecule has 14 heavy (non-hydrogen) atoms. The van der Waals surface area contributed by atoms with Gasteiger partial charge in [0.15, 0.2) is 6.29 Å². The van der Waals surface area contributed by atoms with Gasteiger partial charge in [-0.3, -0.25) is 4.79 Å². The van der Waals surface area contributed by atoms with Crippen molar-refractivity contribution in [2.24, 2.45) is 0 Å². The third-order valence-corrected chi connectivity index (χ3v) is 3.10. The minimum Gasteiger partial charge on any atom is -0.495 e. The number of benzene rings is 1. The van der Waals surface area contributed by atoms with Crippen LogP contribution in [0.3, 0.4) is 0 Å². The molecule has 1 aromatic heterocycles. The van der Waals surface area contributed by atoms with Crippen molar-refractivity contribution in [2.75, 3.05) is 12.8 Å². The van der Waals surface area contributed by atoms with Gasteiger partial charge in [0.05, 0.1) is 17.2 Å².